The molecule has 0 saturated carbocycles. The van der Waals surface area contributed by atoms with Crippen LogP contribution < -0.4 is 11.1 Å². The van der Waals surface area contributed by atoms with E-state index < -0.39 is 24.0 Å². The SMILES string of the molecule is N[C@](O)(CO)CN1CCC[C@H](Nc2nc(-c3c[nH]c4ncc(F)cc34)ncc2F)C1. The van der Waals surface area contributed by atoms with Crippen molar-refractivity contribution >= 4 is 16.9 Å². The monoisotopic (exact) mass is 419 g/mol. The lowest BCUT2D eigenvalue weighted by Gasteiger charge is -2.36. The largest absolute Gasteiger partial charge is 0.392 e. The normalized spacial score (nSPS) is 19.7. The second-order valence-corrected chi connectivity index (χ2v) is 7.62. The molecule has 9 nitrogen and oxygen atoms in total. The minimum Gasteiger partial charge on any atom is -0.392 e. The summed E-state index contributed by atoms with van der Waals surface area (Å²) in [7, 11) is 0. The van der Waals surface area contributed by atoms with E-state index >= 15 is 0 Å². The predicted molar refractivity (Wildman–Crippen MR) is 106 cm³/mol. The summed E-state index contributed by atoms with van der Waals surface area (Å²) in [6, 6.07) is 1.19. The van der Waals surface area contributed by atoms with Crippen LogP contribution in [0, 0.1) is 11.6 Å². The first-order valence-corrected chi connectivity index (χ1v) is 9.61. The van der Waals surface area contributed by atoms with Gasteiger partial charge in [0.2, 0.25) is 0 Å². The minimum absolute atomic E-state index is 0.0377. The van der Waals surface area contributed by atoms with Gasteiger partial charge in [0.05, 0.1) is 19.0 Å². The van der Waals surface area contributed by atoms with Gasteiger partial charge in [0.15, 0.2) is 17.5 Å². The van der Waals surface area contributed by atoms with Gasteiger partial charge >= 0.3 is 0 Å². The van der Waals surface area contributed by atoms with Crippen molar-refractivity contribution < 1.29 is 19.0 Å². The number of piperidine rings is 1. The van der Waals surface area contributed by atoms with Crippen LogP contribution in [0.3, 0.4) is 0 Å². The van der Waals surface area contributed by atoms with E-state index in [1.54, 1.807) is 6.20 Å². The summed E-state index contributed by atoms with van der Waals surface area (Å²) in [5.41, 5.74) is 4.94. The summed E-state index contributed by atoms with van der Waals surface area (Å²) >= 11 is 0. The van der Waals surface area contributed by atoms with E-state index in [4.69, 9.17) is 10.8 Å². The van der Waals surface area contributed by atoms with Gasteiger partial charge in [-0.25, -0.2) is 23.7 Å². The summed E-state index contributed by atoms with van der Waals surface area (Å²) in [4.78, 5) is 17.2. The number of nitrogens with one attached hydrogen (secondary N) is 2. The highest BCUT2D eigenvalue weighted by Gasteiger charge is 2.28. The molecule has 11 heteroatoms. The Morgan fingerprint density at radius 2 is 2.17 bits per heavy atom. The number of halogens is 2. The van der Waals surface area contributed by atoms with Crippen molar-refractivity contribution in [2.75, 3.05) is 31.6 Å². The second-order valence-electron chi connectivity index (χ2n) is 7.62. The molecule has 0 unspecified atom stereocenters. The average molecular weight is 419 g/mol. The molecule has 0 radical (unpaired) electrons. The number of anilines is 1. The first kappa shape index (κ1) is 20.5. The molecule has 4 rings (SSSR count). The number of hydrogen-bond acceptors (Lipinski definition) is 8. The van der Waals surface area contributed by atoms with Crippen molar-refractivity contribution in [2.24, 2.45) is 5.73 Å². The Morgan fingerprint density at radius 1 is 1.33 bits per heavy atom. The zero-order chi connectivity index (χ0) is 21.3. The Bertz CT molecular complexity index is 1040. The number of aliphatic hydroxyl groups is 2. The molecule has 0 bridgehead atoms. The van der Waals surface area contributed by atoms with E-state index in [-0.39, 0.29) is 24.2 Å². The fraction of sp³-hybridized carbons (Fsp3) is 0.421. The van der Waals surface area contributed by atoms with Crippen LogP contribution >= 0.6 is 0 Å². The molecule has 1 fully saturated rings. The van der Waals surface area contributed by atoms with Crippen LogP contribution in [0.2, 0.25) is 0 Å². The van der Waals surface area contributed by atoms with E-state index in [1.165, 1.54) is 6.07 Å². The highest BCUT2D eigenvalue weighted by atomic mass is 19.1. The van der Waals surface area contributed by atoms with Crippen LogP contribution in [-0.4, -0.2) is 73.1 Å². The maximum Gasteiger partial charge on any atom is 0.183 e. The van der Waals surface area contributed by atoms with E-state index in [9.17, 15) is 13.9 Å². The first-order valence-electron chi connectivity index (χ1n) is 9.61. The third kappa shape index (κ3) is 4.38. The van der Waals surface area contributed by atoms with Gasteiger partial charge in [0, 0.05) is 36.3 Å². The second kappa shape index (κ2) is 8.19. The van der Waals surface area contributed by atoms with Gasteiger partial charge in [0.1, 0.15) is 17.2 Å². The minimum atomic E-state index is -1.69. The molecule has 3 aromatic heterocycles. The average Bonchev–Trinajstić information content (AvgIpc) is 3.13. The van der Waals surface area contributed by atoms with Gasteiger partial charge in [-0.15, -0.1) is 0 Å². The predicted octanol–water partition coefficient (Wildman–Crippen LogP) is 0.814. The van der Waals surface area contributed by atoms with E-state index in [0.29, 0.717) is 29.7 Å². The molecule has 0 aliphatic carbocycles. The van der Waals surface area contributed by atoms with E-state index in [0.717, 1.165) is 25.2 Å². The molecule has 3 aromatic rings. The fourth-order valence-corrected chi connectivity index (χ4v) is 3.71. The molecular formula is C19H23F2N7O2. The number of aliphatic hydroxyl groups excluding tert-OH is 1. The topological polar surface area (TPSA) is 136 Å². The third-order valence-electron chi connectivity index (χ3n) is 5.10. The Labute approximate surface area is 171 Å². The molecule has 1 aliphatic heterocycles. The lowest BCUT2D eigenvalue weighted by atomic mass is 10.0. The van der Waals surface area contributed by atoms with Crippen molar-refractivity contribution in [1.29, 1.82) is 0 Å². The smallest absolute Gasteiger partial charge is 0.183 e. The van der Waals surface area contributed by atoms with Gasteiger partial charge in [-0.1, -0.05) is 0 Å². The summed E-state index contributed by atoms with van der Waals surface area (Å²) in [6.45, 7) is 0.766. The van der Waals surface area contributed by atoms with Gasteiger partial charge in [-0.05, 0) is 25.5 Å². The standard InChI is InChI=1S/C19H23F2N7O2/c20-11-4-13-14(6-24-16(13)23-5-11)17-25-7-15(21)18(27-17)26-12-2-1-3-28(8-12)9-19(22,30)10-29/h4-7,12,29-30H,1-3,8-10,22H2,(H,23,24)(H,25,26,27)/t12-,19+/m0/s1. The van der Waals surface area contributed by atoms with Gasteiger partial charge in [0.25, 0.3) is 0 Å². The third-order valence-corrected chi connectivity index (χ3v) is 5.10. The summed E-state index contributed by atoms with van der Waals surface area (Å²) < 4.78 is 28.0. The molecule has 160 valence electrons. The molecule has 4 heterocycles. The quantitative estimate of drug-likeness (QED) is 0.371. The number of nitrogens with zero attached hydrogens (tertiary/aromatic N) is 4. The number of likely N-dealkylation sites (tertiary alicyclic amines) is 1. The number of fused-ring (bicyclic) bond motifs is 1. The molecule has 0 spiro atoms. The number of aromatic nitrogens is 4. The molecular weight excluding hydrogens is 396 g/mol. The van der Waals surface area contributed by atoms with Crippen LogP contribution in [0.25, 0.3) is 22.4 Å². The Kier molecular flexibility index (Phi) is 5.60. The number of pyridine rings is 1. The summed E-state index contributed by atoms with van der Waals surface area (Å²) in [5, 5.41) is 22.6. The van der Waals surface area contributed by atoms with Crippen molar-refractivity contribution in [2.45, 2.75) is 24.6 Å². The van der Waals surface area contributed by atoms with Gasteiger partial charge in [-0.3, -0.25) is 4.90 Å². The Hall–Kier alpha value is -2.73. The zero-order valence-electron chi connectivity index (χ0n) is 16.1. The van der Waals surface area contributed by atoms with E-state index in [2.05, 4.69) is 25.3 Å². The maximum atomic E-state index is 14.4. The highest BCUT2D eigenvalue weighted by molar-refractivity contribution is 5.91. The lowest BCUT2D eigenvalue weighted by molar-refractivity contribution is -0.0390. The van der Waals surface area contributed by atoms with Gasteiger partial charge in [-0.2, -0.15) is 0 Å². The number of β-amino-alcohol motifs (C(OH)–C–C–N with tert-alkyl or cyclic N) is 1. The summed E-state index contributed by atoms with van der Waals surface area (Å²) in [6.07, 6.45) is 5.37. The molecule has 0 amide bonds. The molecule has 2 atom stereocenters. The number of rotatable bonds is 6. The fourth-order valence-electron chi connectivity index (χ4n) is 3.71. The highest BCUT2D eigenvalue weighted by Crippen LogP contribution is 2.27. The van der Waals surface area contributed by atoms with Crippen molar-refractivity contribution in [3.63, 3.8) is 0 Å². The Morgan fingerprint density at radius 3 is 2.97 bits per heavy atom. The van der Waals surface area contributed by atoms with Crippen molar-refractivity contribution in [3.05, 3.63) is 36.3 Å². The zero-order valence-corrected chi connectivity index (χ0v) is 16.1. The van der Waals surface area contributed by atoms with Crippen LogP contribution in [-0.2, 0) is 0 Å². The van der Waals surface area contributed by atoms with Crippen LogP contribution in [0.1, 0.15) is 12.8 Å². The number of nitrogens with two attached hydrogens (primary N) is 1. The van der Waals surface area contributed by atoms with Crippen molar-refractivity contribution in [1.82, 2.24) is 24.8 Å². The Balaban J connectivity index is 1.54. The molecule has 1 saturated heterocycles. The summed E-state index contributed by atoms with van der Waals surface area (Å²) in [5.74, 6) is -0.822. The maximum absolute atomic E-state index is 14.4. The van der Waals surface area contributed by atoms with Crippen LogP contribution in [0.4, 0.5) is 14.6 Å². The van der Waals surface area contributed by atoms with Gasteiger partial charge < -0.3 is 26.2 Å². The lowest BCUT2D eigenvalue weighted by Crippen LogP contribution is -2.56. The molecule has 0 aromatic carbocycles. The molecule has 6 N–H and O–H groups in total. The molecule has 30 heavy (non-hydrogen) atoms. The number of aromatic amines is 1. The van der Waals surface area contributed by atoms with E-state index in [1.807, 2.05) is 4.90 Å². The number of H-pyrrole nitrogens is 1. The van der Waals surface area contributed by atoms with Crippen LogP contribution in [0.5, 0.6) is 0 Å². The molecule has 1 aliphatic rings. The van der Waals surface area contributed by atoms with Crippen LogP contribution in [0.15, 0.2) is 24.7 Å². The number of hydrogen-bond donors (Lipinski definition) is 5. The van der Waals surface area contributed by atoms with Crippen molar-refractivity contribution in [3.8, 4) is 11.4 Å². The first-order chi connectivity index (χ1) is 14.3.